The van der Waals surface area contributed by atoms with Gasteiger partial charge in [0.1, 0.15) is 5.75 Å². The van der Waals surface area contributed by atoms with Gasteiger partial charge in [0.05, 0.1) is 17.2 Å². The van der Waals surface area contributed by atoms with Crippen molar-refractivity contribution in [3.05, 3.63) is 88.4 Å². The largest absolute Gasteiger partial charge is 0.489 e. The van der Waals surface area contributed by atoms with Crippen LogP contribution in [0.1, 0.15) is 73.9 Å². The lowest BCUT2D eigenvalue weighted by atomic mass is 9.93. The van der Waals surface area contributed by atoms with E-state index in [1.54, 1.807) is 37.3 Å². The van der Waals surface area contributed by atoms with E-state index in [1.165, 1.54) is 5.56 Å². The monoisotopic (exact) mass is 560 g/mol. The first-order chi connectivity index (χ1) is 19.2. The number of nitrogens with zero attached hydrogens (tertiary/aromatic N) is 1. The first-order valence-corrected chi connectivity index (χ1v) is 14.5. The Morgan fingerprint density at radius 1 is 0.950 bits per heavy atom. The Morgan fingerprint density at radius 2 is 1.55 bits per heavy atom. The molecule has 1 aliphatic carbocycles. The van der Waals surface area contributed by atoms with Gasteiger partial charge in [-0.05, 0) is 67.3 Å². The lowest BCUT2D eigenvalue weighted by Crippen LogP contribution is -2.59. The van der Waals surface area contributed by atoms with Crippen LogP contribution in [0.4, 0.5) is 0 Å². The van der Waals surface area contributed by atoms with Gasteiger partial charge in [0.15, 0.2) is 5.72 Å². The summed E-state index contributed by atoms with van der Waals surface area (Å²) in [5.41, 5.74) is 2.58. The van der Waals surface area contributed by atoms with E-state index in [4.69, 9.17) is 16.3 Å². The molecular weight excluding hydrogens is 524 g/mol. The first-order valence-electron chi connectivity index (χ1n) is 14.2. The van der Waals surface area contributed by atoms with Crippen LogP contribution in [0.25, 0.3) is 11.1 Å². The van der Waals surface area contributed by atoms with Crippen LogP contribution in [0.2, 0.25) is 5.02 Å². The van der Waals surface area contributed by atoms with Gasteiger partial charge in [-0.2, -0.15) is 0 Å². The van der Waals surface area contributed by atoms with Crippen LogP contribution in [-0.4, -0.2) is 46.9 Å². The summed E-state index contributed by atoms with van der Waals surface area (Å²) in [7, 11) is 0. The van der Waals surface area contributed by atoms with Crippen molar-refractivity contribution >= 4 is 23.3 Å². The van der Waals surface area contributed by atoms with Crippen molar-refractivity contribution in [3.8, 4) is 16.9 Å². The molecule has 1 aliphatic heterocycles. The zero-order valence-corrected chi connectivity index (χ0v) is 24.1. The van der Waals surface area contributed by atoms with Gasteiger partial charge in [-0.1, -0.05) is 80.0 Å². The van der Waals surface area contributed by atoms with Crippen molar-refractivity contribution in [2.45, 2.75) is 70.2 Å². The van der Waals surface area contributed by atoms with Crippen LogP contribution in [0.3, 0.4) is 0 Å². The molecule has 7 heteroatoms. The van der Waals surface area contributed by atoms with Crippen LogP contribution in [0.5, 0.6) is 5.75 Å². The summed E-state index contributed by atoms with van der Waals surface area (Å²) in [6, 6.07) is 19.9. The fraction of sp³-hybridized carbons (Fsp3) is 0.394. The average Bonchev–Trinajstić information content (AvgIpc) is 3.60. The molecular formula is C33H37ClN2O4. The van der Waals surface area contributed by atoms with Crippen molar-refractivity contribution in [3.63, 3.8) is 0 Å². The molecule has 6 nitrogen and oxygen atoms in total. The highest BCUT2D eigenvalue weighted by atomic mass is 35.5. The highest BCUT2D eigenvalue weighted by Gasteiger charge is 2.44. The number of hydrogen-bond donors (Lipinski definition) is 2. The van der Waals surface area contributed by atoms with Gasteiger partial charge in [-0.25, -0.2) is 0 Å². The SMILES string of the molecule is CC(C)c1ccc(-c2ccc(C(=O)C(=O)N[C@H](C)[C@](O)(c3ccc(OC4CC4)c(Cl)c3)N3CCCC3)cc2)cc1. The summed E-state index contributed by atoms with van der Waals surface area (Å²) in [4.78, 5) is 28.1. The highest BCUT2D eigenvalue weighted by molar-refractivity contribution is 6.42. The predicted molar refractivity (Wildman–Crippen MR) is 158 cm³/mol. The van der Waals surface area contributed by atoms with E-state index in [9.17, 15) is 14.7 Å². The topological polar surface area (TPSA) is 78.9 Å². The fourth-order valence-electron chi connectivity index (χ4n) is 5.32. The molecule has 5 rings (SSSR count). The summed E-state index contributed by atoms with van der Waals surface area (Å²) < 4.78 is 5.86. The molecule has 0 bridgehead atoms. The van der Waals surface area contributed by atoms with Crippen molar-refractivity contribution in [2.24, 2.45) is 0 Å². The lowest BCUT2D eigenvalue weighted by Gasteiger charge is -2.42. The summed E-state index contributed by atoms with van der Waals surface area (Å²) in [5.74, 6) is -0.374. The van der Waals surface area contributed by atoms with E-state index >= 15 is 0 Å². The number of likely N-dealkylation sites (tertiary alicyclic amines) is 1. The molecule has 0 unspecified atom stereocenters. The summed E-state index contributed by atoms with van der Waals surface area (Å²) in [6.07, 6.45) is 4.10. The molecule has 3 aromatic carbocycles. The summed E-state index contributed by atoms with van der Waals surface area (Å²) >= 11 is 6.54. The second kappa shape index (κ2) is 11.7. The standard InChI is InChI=1S/C33H37ClN2O4/c1-21(2)23-6-8-24(9-7-23)25-10-12-26(13-11-25)31(37)32(38)35-22(3)33(39,36-18-4-5-19-36)27-14-17-30(29(34)20-27)40-28-15-16-28/h6-14,17,20-22,28,39H,4-5,15-16,18-19H2,1-3H3,(H,35,38)/t22-,33+/m1/s1. The number of benzene rings is 3. The van der Waals surface area contributed by atoms with Crippen molar-refractivity contribution in [1.29, 1.82) is 0 Å². The minimum Gasteiger partial charge on any atom is -0.489 e. The molecule has 0 radical (unpaired) electrons. The van der Waals surface area contributed by atoms with Gasteiger partial charge in [-0.15, -0.1) is 0 Å². The summed E-state index contributed by atoms with van der Waals surface area (Å²) in [6.45, 7) is 7.37. The van der Waals surface area contributed by atoms with E-state index in [1.807, 2.05) is 17.0 Å². The minimum atomic E-state index is -1.54. The molecule has 1 saturated heterocycles. The van der Waals surface area contributed by atoms with E-state index in [2.05, 4.69) is 43.4 Å². The maximum absolute atomic E-state index is 13.1. The normalized spacial score (nSPS) is 17.9. The second-order valence-corrected chi connectivity index (χ2v) is 11.7. The van der Waals surface area contributed by atoms with Gasteiger partial charge in [0.2, 0.25) is 5.78 Å². The van der Waals surface area contributed by atoms with E-state index < -0.39 is 23.5 Å². The van der Waals surface area contributed by atoms with Crippen LogP contribution in [0, 0.1) is 0 Å². The zero-order valence-electron chi connectivity index (χ0n) is 23.3. The second-order valence-electron chi connectivity index (χ2n) is 11.3. The number of carbonyl (C=O) groups excluding carboxylic acids is 2. The quantitative estimate of drug-likeness (QED) is 0.225. The van der Waals surface area contributed by atoms with Crippen molar-refractivity contribution in [1.82, 2.24) is 10.2 Å². The summed E-state index contributed by atoms with van der Waals surface area (Å²) in [5, 5.41) is 15.3. The van der Waals surface area contributed by atoms with Crippen molar-refractivity contribution in [2.75, 3.05) is 13.1 Å². The van der Waals surface area contributed by atoms with Crippen LogP contribution in [0.15, 0.2) is 66.7 Å². The highest BCUT2D eigenvalue weighted by Crippen LogP contribution is 2.38. The Labute approximate surface area is 241 Å². The number of Topliss-reactive ketones (excluding diaryl/α,β-unsaturated/α-hetero) is 1. The molecule has 2 atom stereocenters. The first kappa shape index (κ1) is 28.3. The van der Waals surface area contributed by atoms with Gasteiger partial charge in [0.25, 0.3) is 5.91 Å². The molecule has 2 N–H and O–H groups in total. The maximum Gasteiger partial charge on any atom is 0.292 e. The lowest BCUT2D eigenvalue weighted by molar-refractivity contribution is -0.139. The molecule has 1 saturated carbocycles. The molecule has 210 valence electrons. The maximum atomic E-state index is 13.1. The van der Waals surface area contributed by atoms with Crippen LogP contribution < -0.4 is 10.1 Å². The molecule has 3 aromatic rings. The number of hydrogen-bond acceptors (Lipinski definition) is 5. The molecule has 40 heavy (non-hydrogen) atoms. The number of nitrogens with one attached hydrogen (secondary N) is 1. The van der Waals surface area contributed by atoms with Crippen molar-refractivity contribution < 1.29 is 19.4 Å². The third kappa shape index (κ3) is 5.95. The van der Waals surface area contributed by atoms with E-state index in [0.717, 1.165) is 36.8 Å². The Hall–Kier alpha value is -3.19. The van der Waals surface area contributed by atoms with Crippen LogP contribution >= 0.6 is 11.6 Å². The molecule has 2 aliphatic rings. The van der Waals surface area contributed by atoms with E-state index in [0.29, 0.717) is 40.9 Å². The molecule has 0 aromatic heterocycles. The number of rotatable bonds is 10. The fourth-order valence-corrected chi connectivity index (χ4v) is 5.55. The number of halogens is 1. The smallest absolute Gasteiger partial charge is 0.292 e. The average molecular weight is 561 g/mol. The van der Waals surface area contributed by atoms with Gasteiger partial charge in [0, 0.05) is 24.2 Å². The van der Waals surface area contributed by atoms with Gasteiger partial charge in [-0.3, -0.25) is 14.5 Å². The Bertz CT molecular complexity index is 1360. The van der Waals surface area contributed by atoms with E-state index in [-0.39, 0.29) is 6.10 Å². The predicted octanol–water partition coefficient (Wildman–Crippen LogP) is 6.30. The van der Waals surface area contributed by atoms with Gasteiger partial charge >= 0.3 is 0 Å². The number of amides is 1. The zero-order chi connectivity index (χ0) is 28.4. The minimum absolute atomic E-state index is 0.199. The Balaban J connectivity index is 1.31. The molecule has 0 spiro atoms. The number of aliphatic hydroxyl groups is 1. The Morgan fingerprint density at radius 3 is 2.10 bits per heavy atom. The Kier molecular flexibility index (Phi) is 8.31. The third-order valence-electron chi connectivity index (χ3n) is 7.98. The third-order valence-corrected chi connectivity index (χ3v) is 8.27. The molecule has 1 heterocycles. The van der Waals surface area contributed by atoms with Gasteiger partial charge < -0.3 is 15.2 Å². The number of ketones is 1. The van der Waals surface area contributed by atoms with Crippen LogP contribution in [-0.2, 0) is 10.5 Å². The molecule has 2 fully saturated rings. The number of carbonyl (C=O) groups is 2. The number of ether oxygens (including phenoxy) is 1. The molecule has 1 amide bonds.